The van der Waals surface area contributed by atoms with Gasteiger partial charge < -0.3 is 0 Å². The van der Waals surface area contributed by atoms with Crippen molar-refractivity contribution < 1.29 is 0 Å². The molecule has 2 heterocycles. The van der Waals surface area contributed by atoms with Crippen molar-refractivity contribution in [3.63, 3.8) is 0 Å². The Morgan fingerprint density at radius 2 is 2.33 bits per heavy atom. The minimum absolute atomic E-state index is 0.136. The number of nitriles is 1. The van der Waals surface area contributed by atoms with Crippen LogP contribution in [-0.4, -0.2) is 23.0 Å². The molecule has 0 amide bonds. The maximum Gasteiger partial charge on any atom is 0.106 e. The number of nitrogens with zero attached hydrogens (tertiary/aromatic N) is 3. The van der Waals surface area contributed by atoms with Gasteiger partial charge in [0.25, 0.3) is 0 Å². The summed E-state index contributed by atoms with van der Waals surface area (Å²) in [6, 6.07) is 6.34. The molecule has 1 aliphatic heterocycles. The van der Waals surface area contributed by atoms with E-state index in [0.29, 0.717) is 0 Å². The van der Waals surface area contributed by atoms with Crippen LogP contribution in [0.3, 0.4) is 0 Å². The standard InChI is InChI=1S/C11H12BrN3/c1-11(6-13)7-15(8-11)5-9-2-3-10(12)14-4-9/h2-4H,5,7-8H2,1H3. The fraction of sp³-hybridized carbons (Fsp3) is 0.455. The maximum atomic E-state index is 8.87. The number of hydrogen-bond acceptors (Lipinski definition) is 3. The third kappa shape index (κ3) is 2.36. The van der Waals surface area contributed by atoms with Gasteiger partial charge in [0.2, 0.25) is 0 Å². The number of hydrogen-bond donors (Lipinski definition) is 0. The zero-order valence-corrected chi connectivity index (χ0v) is 10.2. The lowest BCUT2D eigenvalue weighted by Crippen LogP contribution is -2.53. The van der Waals surface area contributed by atoms with Crippen molar-refractivity contribution in [2.24, 2.45) is 5.41 Å². The van der Waals surface area contributed by atoms with Crippen LogP contribution in [0.1, 0.15) is 12.5 Å². The Labute approximate surface area is 97.9 Å². The Bertz CT molecular complexity index is 387. The monoisotopic (exact) mass is 265 g/mol. The van der Waals surface area contributed by atoms with Gasteiger partial charge in [-0.2, -0.15) is 5.26 Å². The Morgan fingerprint density at radius 1 is 1.60 bits per heavy atom. The molecule has 1 fully saturated rings. The molecule has 0 aromatic carbocycles. The molecule has 15 heavy (non-hydrogen) atoms. The topological polar surface area (TPSA) is 39.9 Å². The molecular formula is C11H12BrN3. The molecule has 4 heteroatoms. The molecule has 2 rings (SSSR count). The molecule has 1 aliphatic rings. The van der Waals surface area contributed by atoms with Crippen LogP contribution in [0.4, 0.5) is 0 Å². The quantitative estimate of drug-likeness (QED) is 0.770. The number of likely N-dealkylation sites (tertiary alicyclic amines) is 1. The third-order valence-corrected chi connectivity index (χ3v) is 3.08. The van der Waals surface area contributed by atoms with Crippen molar-refractivity contribution in [3.8, 4) is 6.07 Å². The van der Waals surface area contributed by atoms with E-state index < -0.39 is 0 Å². The Kier molecular flexibility index (Phi) is 2.76. The number of aromatic nitrogens is 1. The smallest absolute Gasteiger partial charge is 0.106 e. The van der Waals surface area contributed by atoms with Crippen LogP contribution in [0, 0.1) is 16.7 Å². The Hall–Kier alpha value is -0.920. The lowest BCUT2D eigenvalue weighted by Gasteiger charge is -2.43. The van der Waals surface area contributed by atoms with E-state index in [1.807, 2.05) is 19.2 Å². The van der Waals surface area contributed by atoms with Gasteiger partial charge in [0.05, 0.1) is 11.5 Å². The lowest BCUT2D eigenvalue weighted by molar-refractivity contribution is 0.0529. The van der Waals surface area contributed by atoms with Crippen molar-refractivity contribution in [1.29, 1.82) is 5.26 Å². The summed E-state index contributed by atoms with van der Waals surface area (Å²) in [5, 5.41) is 8.87. The molecule has 3 nitrogen and oxygen atoms in total. The summed E-state index contributed by atoms with van der Waals surface area (Å²) in [7, 11) is 0. The van der Waals surface area contributed by atoms with Crippen LogP contribution in [0.25, 0.3) is 0 Å². The van der Waals surface area contributed by atoms with E-state index in [1.165, 1.54) is 5.56 Å². The fourth-order valence-corrected chi connectivity index (χ4v) is 2.12. The normalized spacial score (nSPS) is 19.3. The van der Waals surface area contributed by atoms with E-state index in [1.54, 1.807) is 0 Å². The molecule has 1 aromatic heterocycles. The van der Waals surface area contributed by atoms with Crippen molar-refractivity contribution in [3.05, 3.63) is 28.5 Å². The summed E-state index contributed by atoms with van der Waals surface area (Å²) in [4.78, 5) is 6.43. The second-order valence-electron chi connectivity index (χ2n) is 4.31. The SMILES string of the molecule is CC1(C#N)CN(Cc2ccc(Br)nc2)C1. The molecule has 0 unspecified atom stereocenters. The highest BCUT2D eigenvalue weighted by Gasteiger charge is 2.38. The van der Waals surface area contributed by atoms with Crippen molar-refractivity contribution in [2.75, 3.05) is 13.1 Å². The molecule has 1 aromatic rings. The number of pyridine rings is 1. The second kappa shape index (κ2) is 3.92. The van der Waals surface area contributed by atoms with Gasteiger partial charge in [-0.05, 0) is 34.5 Å². The molecule has 1 saturated heterocycles. The van der Waals surface area contributed by atoms with Crippen LogP contribution in [0.2, 0.25) is 0 Å². The van der Waals surface area contributed by atoms with Crippen LogP contribution in [0.15, 0.2) is 22.9 Å². The molecule has 78 valence electrons. The summed E-state index contributed by atoms with van der Waals surface area (Å²) in [5.41, 5.74) is 1.06. The zero-order chi connectivity index (χ0) is 10.9. The summed E-state index contributed by atoms with van der Waals surface area (Å²) in [6.45, 7) is 4.61. The predicted octanol–water partition coefficient (Wildman–Crippen LogP) is 2.19. The predicted molar refractivity (Wildman–Crippen MR) is 60.9 cm³/mol. The summed E-state index contributed by atoms with van der Waals surface area (Å²) < 4.78 is 0.858. The average Bonchev–Trinajstić information content (AvgIpc) is 2.19. The first-order chi connectivity index (χ1) is 7.11. The highest BCUT2D eigenvalue weighted by atomic mass is 79.9. The highest BCUT2D eigenvalue weighted by Crippen LogP contribution is 2.29. The van der Waals surface area contributed by atoms with Gasteiger partial charge in [-0.25, -0.2) is 4.98 Å². The molecule has 0 radical (unpaired) electrons. The lowest BCUT2D eigenvalue weighted by atomic mass is 9.83. The van der Waals surface area contributed by atoms with Crippen LogP contribution in [-0.2, 0) is 6.54 Å². The summed E-state index contributed by atoms with van der Waals surface area (Å²) in [6.07, 6.45) is 1.87. The van der Waals surface area contributed by atoms with E-state index in [0.717, 1.165) is 24.2 Å². The average molecular weight is 266 g/mol. The first-order valence-corrected chi connectivity index (χ1v) is 5.65. The molecule has 0 aliphatic carbocycles. The van der Waals surface area contributed by atoms with E-state index >= 15 is 0 Å². The van der Waals surface area contributed by atoms with Gasteiger partial charge in [-0.1, -0.05) is 6.07 Å². The molecule has 0 atom stereocenters. The molecule has 0 saturated carbocycles. The zero-order valence-electron chi connectivity index (χ0n) is 8.57. The van der Waals surface area contributed by atoms with Gasteiger partial charge in [-0.3, -0.25) is 4.90 Å². The number of halogens is 1. The van der Waals surface area contributed by atoms with Gasteiger partial charge in [-0.15, -0.1) is 0 Å². The highest BCUT2D eigenvalue weighted by molar-refractivity contribution is 9.10. The summed E-state index contributed by atoms with van der Waals surface area (Å²) in [5.74, 6) is 0. The Morgan fingerprint density at radius 3 is 2.87 bits per heavy atom. The molecule has 0 N–H and O–H groups in total. The minimum Gasteiger partial charge on any atom is -0.296 e. The number of rotatable bonds is 2. The van der Waals surface area contributed by atoms with E-state index in [4.69, 9.17) is 5.26 Å². The van der Waals surface area contributed by atoms with Crippen molar-refractivity contribution in [2.45, 2.75) is 13.5 Å². The van der Waals surface area contributed by atoms with Crippen molar-refractivity contribution >= 4 is 15.9 Å². The largest absolute Gasteiger partial charge is 0.296 e. The van der Waals surface area contributed by atoms with Gasteiger partial charge >= 0.3 is 0 Å². The van der Waals surface area contributed by atoms with Crippen LogP contribution >= 0.6 is 15.9 Å². The van der Waals surface area contributed by atoms with E-state index in [9.17, 15) is 0 Å². The Balaban J connectivity index is 1.91. The van der Waals surface area contributed by atoms with Gasteiger partial charge in [0, 0.05) is 25.8 Å². The minimum atomic E-state index is -0.136. The van der Waals surface area contributed by atoms with E-state index in [-0.39, 0.29) is 5.41 Å². The molecule has 0 spiro atoms. The van der Waals surface area contributed by atoms with Crippen molar-refractivity contribution in [1.82, 2.24) is 9.88 Å². The van der Waals surface area contributed by atoms with Crippen LogP contribution in [0.5, 0.6) is 0 Å². The molecular weight excluding hydrogens is 254 g/mol. The van der Waals surface area contributed by atoms with E-state index in [2.05, 4.69) is 37.9 Å². The molecule has 0 bridgehead atoms. The summed E-state index contributed by atoms with van der Waals surface area (Å²) >= 11 is 3.30. The maximum absolute atomic E-state index is 8.87. The van der Waals surface area contributed by atoms with Gasteiger partial charge in [0.1, 0.15) is 4.60 Å². The first-order valence-electron chi connectivity index (χ1n) is 4.85. The van der Waals surface area contributed by atoms with Crippen LogP contribution < -0.4 is 0 Å². The first kappa shape index (κ1) is 10.6. The van der Waals surface area contributed by atoms with Gasteiger partial charge in [0.15, 0.2) is 0 Å². The fourth-order valence-electron chi connectivity index (χ4n) is 1.88. The third-order valence-electron chi connectivity index (χ3n) is 2.61. The second-order valence-corrected chi connectivity index (χ2v) is 5.12.